The Bertz CT molecular complexity index is 644. The lowest BCUT2D eigenvalue weighted by Gasteiger charge is -2.12. The number of ether oxygens (including phenoxy) is 1. The highest BCUT2D eigenvalue weighted by Crippen LogP contribution is 2.14. The van der Waals surface area contributed by atoms with Gasteiger partial charge in [-0.3, -0.25) is 4.99 Å². The molecule has 1 rings (SSSR count). The van der Waals surface area contributed by atoms with Crippen molar-refractivity contribution in [3.05, 3.63) is 29.3 Å². The number of unbranched alkanes of at least 4 members (excludes halogenated alkanes) is 1. The normalized spacial score (nSPS) is 11.7. The van der Waals surface area contributed by atoms with Gasteiger partial charge < -0.3 is 15.4 Å². The third kappa shape index (κ3) is 10.5. The molecule has 0 aliphatic carbocycles. The van der Waals surface area contributed by atoms with Crippen LogP contribution in [-0.4, -0.2) is 54.3 Å². The lowest BCUT2D eigenvalue weighted by molar-refractivity contribution is 0.143. The van der Waals surface area contributed by atoms with Crippen molar-refractivity contribution < 1.29 is 13.2 Å². The molecule has 0 bridgehead atoms. The van der Waals surface area contributed by atoms with Crippen LogP contribution in [0, 0.1) is 0 Å². The lowest BCUT2D eigenvalue weighted by Crippen LogP contribution is -2.41. The van der Waals surface area contributed by atoms with Gasteiger partial charge in [-0.2, -0.15) is 0 Å². The molecule has 7 nitrogen and oxygen atoms in total. The molecule has 0 amide bonds. The van der Waals surface area contributed by atoms with Crippen LogP contribution in [0.4, 0.5) is 0 Å². The summed E-state index contributed by atoms with van der Waals surface area (Å²) in [4.78, 5) is 4.24. The Balaban J connectivity index is 0.00000625. The van der Waals surface area contributed by atoms with Gasteiger partial charge in [0.25, 0.3) is 0 Å². The van der Waals surface area contributed by atoms with E-state index in [9.17, 15) is 8.42 Å². The number of rotatable bonds is 11. The van der Waals surface area contributed by atoms with Crippen molar-refractivity contribution in [1.82, 2.24) is 15.4 Å². The minimum absolute atomic E-state index is 0. The molecule has 1 aromatic carbocycles. The van der Waals surface area contributed by atoms with E-state index in [1.165, 1.54) is 12.1 Å². The topological polar surface area (TPSA) is 91.8 Å². The number of hydrogen-bond acceptors (Lipinski definition) is 4. The predicted octanol–water partition coefficient (Wildman–Crippen LogP) is 2.22. The molecular formula is C16H28ClIN4O3S. The second-order valence-corrected chi connectivity index (χ2v) is 7.39. The quantitative estimate of drug-likeness (QED) is 0.181. The number of sulfonamides is 1. The Morgan fingerprint density at radius 1 is 1.19 bits per heavy atom. The number of hydrogen-bond donors (Lipinski definition) is 3. The molecule has 1 aromatic rings. The molecule has 3 N–H and O–H groups in total. The molecule has 0 saturated carbocycles. The molecule has 0 heterocycles. The molecule has 0 aliphatic rings. The first-order valence-corrected chi connectivity index (χ1v) is 10.1. The Morgan fingerprint density at radius 2 is 1.92 bits per heavy atom. The van der Waals surface area contributed by atoms with E-state index < -0.39 is 10.0 Å². The van der Waals surface area contributed by atoms with Crippen LogP contribution in [0.2, 0.25) is 5.02 Å². The number of nitrogens with one attached hydrogen (secondary N) is 3. The van der Waals surface area contributed by atoms with Crippen molar-refractivity contribution in [1.29, 1.82) is 0 Å². The van der Waals surface area contributed by atoms with Crippen LogP contribution < -0.4 is 15.4 Å². The number of halogens is 2. The highest BCUT2D eigenvalue weighted by Gasteiger charge is 2.13. The Kier molecular flexibility index (Phi) is 14.1. The molecule has 0 fully saturated rings. The van der Waals surface area contributed by atoms with Crippen LogP contribution in [0.5, 0.6) is 0 Å². The minimum atomic E-state index is -3.57. The van der Waals surface area contributed by atoms with E-state index in [0.29, 0.717) is 17.5 Å². The highest BCUT2D eigenvalue weighted by atomic mass is 127. The van der Waals surface area contributed by atoms with Gasteiger partial charge in [-0.15, -0.1) is 24.0 Å². The largest absolute Gasteiger partial charge is 0.382 e. The van der Waals surface area contributed by atoms with Crippen molar-refractivity contribution in [2.45, 2.75) is 24.7 Å². The average Bonchev–Trinajstić information content (AvgIpc) is 2.59. The zero-order valence-corrected chi connectivity index (χ0v) is 19.0. The number of guanidine groups is 1. The van der Waals surface area contributed by atoms with E-state index in [1.807, 2.05) is 6.92 Å². The molecule has 0 saturated heterocycles. The van der Waals surface area contributed by atoms with Crippen molar-refractivity contribution in [2.75, 3.05) is 39.9 Å². The van der Waals surface area contributed by atoms with Crippen LogP contribution in [0.15, 0.2) is 34.2 Å². The molecule has 0 aliphatic heterocycles. The van der Waals surface area contributed by atoms with E-state index in [4.69, 9.17) is 16.3 Å². The van der Waals surface area contributed by atoms with Gasteiger partial charge in [0.1, 0.15) is 0 Å². The molecule has 0 atom stereocenters. The lowest BCUT2D eigenvalue weighted by atomic mass is 10.3. The maximum atomic E-state index is 12.1. The van der Waals surface area contributed by atoms with Crippen LogP contribution in [0.3, 0.4) is 0 Å². The van der Waals surface area contributed by atoms with Gasteiger partial charge in [-0.25, -0.2) is 13.1 Å². The van der Waals surface area contributed by atoms with Crippen LogP contribution in [0.1, 0.15) is 19.8 Å². The molecule has 26 heavy (non-hydrogen) atoms. The van der Waals surface area contributed by atoms with Gasteiger partial charge >= 0.3 is 0 Å². The van der Waals surface area contributed by atoms with E-state index in [2.05, 4.69) is 20.3 Å². The molecule has 150 valence electrons. The maximum absolute atomic E-state index is 12.1. The SMILES string of the molecule is CCOCCCCNC(=NC)NCCNS(=O)(=O)c1cccc(Cl)c1.I. The Hall–Kier alpha value is -0.620. The van der Waals surface area contributed by atoms with Crippen molar-refractivity contribution in [2.24, 2.45) is 4.99 Å². The third-order valence-electron chi connectivity index (χ3n) is 3.25. The number of nitrogens with zero attached hydrogens (tertiary/aromatic N) is 1. The highest BCUT2D eigenvalue weighted by molar-refractivity contribution is 14.0. The zero-order valence-electron chi connectivity index (χ0n) is 15.1. The second kappa shape index (κ2) is 14.4. The van der Waals surface area contributed by atoms with Gasteiger partial charge in [-0.1, -0.05) is 17.7 Å². The average molecular weight is 519 g/mol. The maximum Gasteiger partial charge on any atom is 0.240 e. The van der Waals surface area contributed by atoms with Gasteiger partial charge in [0.15, 0.2) is 5.96 Å². The van der Waals surface area contributed by atoms with Crippen LogP contribution in [-0.2, 0) is 14.8 Å². The van der Waals surface area contributed by atoms with Crippen molar-refractivity contribution >= 4 is 51.6 Å². The molecule has 0 aromatic heterocycles. The summed E-state index contributed by atoms with van der Waals surface area (Å²) in [5.41, 5.74) is 0. The van der Waals surface area contributed by atoms with Gasteiger partial charge in [0, 0.05) is 44.9 Å². The number of benzene rings is 1. The van der Waals surface area contributed by atoms with E-state index >= 15 is 0 Å². The van der Waals surface area contributed by atoms with Crippen LogP contribution >= 0.6 is 35.6 Å². The summed E-state index contributed by atoms with van der Waals surface area (Å²) in [5.74, 6) is 0.637. The first kappa shape index (κ1) is 25.4. The summed E-state index contributed by atoms with van der Waals surface area (Å²) in [6.07, 6.45) is 1.96. The molecular weight excluding hydrogens is 491 g/mol. The molecule has 10 heteroatoms. The summed E-state index contributed by atoms with van der Waals surface area (Å²) in [7, 11) is -1.89. The fraction of sp³-hybridized carbons (Fsp3) is 0.562. The standard InChI is InChI=1S/C16H27ClN4O3S.HI/c1-3-24-12-5-4-9-19-16(18-2)20-10-11-21-25(22,23)15-8-6-7-14(17)13-15;/h6-8,13,21H,3-5,9-12H2,1-2H3,(H2,18,19,20);1H. The van der Waals surface area contributed by atoms with E-state index in [1.54, 1.807) is 19.2 Å². The minimum Gasteiger partial charge on any atom is -0.382 e. The van der Waals surface area contributed by atoms with E-state index in [-0.39, 0.29) is 35.4 Å². The summed E-state index contributed by atoms with van der Waals surface area (Å²) in [5, 5.41) is 6.62. The van der Waals surface area contributed by atoms with Crippen LogP contribution in [0.25, 0.3) is 0 Å². The summed E-state index contributed by atoms with van der Waals surface area (Å²) in [6, 6.07) is 6.16. The summed E-state index contributed by atoms with van der Waals surface area (Å²) >= 11 is 5.82. The summed E-state index contributed by atoms with van der Waals surface area (Å²) < 4.78 is 32.1. The first-order chi connectivity index (χ1) is 12.0. The predicted molar refractivity (Wildman–Crippen MR) is 117 cm³/mol. The first-order valence-electron chi connectivity index (χ1n) is 8.27. The van der Waals surface area contributed by atoms with Gasteiger partial charge in [0.05, 0.1) is 4.90 Å². The molecule has 0 radical (unpaired) electrons. The fourth-order valence-electron chi connectivity index (χ4n) is 1.98. The number of aliphatic imine (C=N–C) groups is 1. The summed E-state index contributed by atoms with van der Waals surface area (Å²) in [6.45, 7) is 4.90. The zero-order chi connectivity index (χ0) is 18.5. The molecule has 0 spiro atoms. The monoisotopic (exact) mass is 518 g/mol. The van der Waals surface area contributed by atoms with Gasteiger partial charge in [-0.05, 0) is 38.0 Å². The molecule has 0 unspecified atom stereocenters. The third-order valence-corrected chi connectivity index (χ3v) is 4.95. The Labute approximate surface area is 178 Å². The van der Waals surface area contributed by atoms with E-state index in [0.717, 1.165) is 32.6 Å². The van der Waals surface area contributed by atoms with Gasteiger partial charge in [0.2, 0.25) is 10.0 Å². The smallest absolute Gasteiger partial charge is 0.240 e. The Morgan fingerprint density at radius 3 is 2.58 bits per heavy atom. The second-order valence-electron chi connectivity index (χ2n) is 5.18. The van der Waals surface area contributed by atoms with Crippen molar-refractivity contribution in [3.63, 3.8) is 0 Å². The van der Waals surface area contributed by atoms with Crippen molar-refractivity contribution in [3.8, 4) is 0 Å². The fourth-order valence-corrected chi connectivity index (χ4v) is 3.32.